The van der Waals surface area contributed by atoms with Gasteiger partial charge in [-0.05, 0) is 45.7 Å². The van der Waals surface area contributed by atoms with E-state index in [0.717, 1.165) is 12.2 Å². The molecule has 1 unspecified atom stereocenters. The van der Waals surface area contributed by atoms with Gasteiger partial charge in [-0.1, -0.05) is 0 Å². The van der Waals surface area contributed by atoms with Crippen LogP contribution in [-0.4, -0.2) is 16.3 Å². The van der Waals surface area contributed by atoms with E-state index < -0.39 is 0 Å². The first kappa shape index (κ1) is 8.75. The Labute approximate surface area is 79.1 Å². The van der Waals surface area contributed by atoms with Gasteiger partial charge in [-0.25, -0.2) is 0 Å². The first-order valence-electron chi connectivity index (χ1n) is 5.03. The monoisotopic (exact) mass is 179 g/mol. The van der Waals surface area contributed by atoms with E-state index in [4.69, 9.17) is 0 Å². The lowest BCUT2D eigenvalue weighted by Gasteiger charge is -2.24. The van der Waals surface area contributed by atoms with Crippen LogP contribution in [0.15, 0.2) is 6.07 Å². The topological polar surface area (TPSA) is 29.9 Å². The molecule has 0 saturated carbocycles. The van der Waals surface area contributed by atoms with Gasteiger partial charge in [0.25, 0.3) is 0 Å². The second kappa shape index (κ2) is 3.50. The fraction of sp³-hybridized carbons (Fsp3) is 0.700. The Kier molecular flexibility index (Phi) is 2.36. The van der Waals surface area contributed by atoms with Crippen LogP contribution in [0.4, 0.5) is 0 Å². The van der Waals surface area contributed by atoms with Crippen molar-refractivity contribution in [3.05, 3.63) is 17.5 Å². The first-order chi connectivity index (χ1) is 6.27. The van der Waals surface area contributed by atoms with E-state index in [1.807, 2.05) is 6.92 Å². The minimum Gasteiger partial charge on any atom is -0.296 e. The lowest BCUT2D eigenvalue weighted by atomic mass is 10.1. The molecular formula is C10H17N3. The van der Waals surface area contributed by atoms with Crippen LogP contribution in [0, 0.1) is 13.8 Å². The van der Waals surface area contributed by atoms with Crippen LogP contribution >= 0.6 is 0 Å². The van der Waals surface area contributed by atoms with Crippen molar-refractivity contribution in [2.45, 2.75) is 39.3 Å². The third kappa shape index (κ3) is 1.75. The molecule has 0 aromatic carbocycles. The van der Waals surface area contributed by atoms with Crippen LogP contribution < -0.4 is 5.32 Å². The van der Waals surface area contributed by atoms with Crippen LogP contribution in [0.3, 0.4) is 0 Å². The summed E-state index contributed by atoms with van der Waals surface area (Å²) >= 11 is 0. The number of nitrogens with one attached hydrogen (secondary N) is 1. The Bertz CT molecular complexity index is 284. The highest BCUT2D eigenvalue weighted by Crippen LogP contribution is 2.18. The Morgan fingerprint density at radius 3 is 2.85 bits per heavy atom. The molecule has 1 atom stereocenters. The van der Waals surface area contributed by atoms with Crippen molar-refractivity contribution >= 4 is 0 Å². The number of piperidine rings is 1. The summed E-state index contributed by atoms with van der Waals surface area (Å²) in [6, 6.07) is 2.14. The summed E-state index contributed by atoms with van der Waals surface area (Å²) in [7, 11) is 0. The normalized spacial score (nSPS) is 23.4. The van der Waals surface area contributed by atoms with Crippen molar-refractivity contribution in [2.75, 3.05) is 6.54 Å². The zero-order chi connectivity index (χ0) is 9.26. The Hall–Kier alpha value is -0.830. The molecule has 1 N–H and O–H groups in total. The number of rotatable bonds is 1. The highest BCUT2D eigenvalue weighted by Gasteiger charge is 2.16. The third-order valence-electron chi connectivity index (χ3n) is 2.62. The van der Waals surface area contributed by atoms with Gasteiger partial charge >= 0.3 is 0 Å². The lowest BCUT2D eigenvalue weighted by molar-refractivity contribution is 0.293. The number of aryl methyl sites for hydroxylation is 2. The molecule has 72 valence electrons. The predicted octanol–water partition coefficient (Wildman–Crippen LogP) is 1.77. The summed E-state index contributed by atoms with van der Waals surface area (Å²) in [4.78, 5) is 0. The summed E-state index contributed by atoms with van der Waals surface area (Å²) < 4.78 is 2.12. The summed E-state index contributed by atoms with van der Waals surface area (Å²) in [5.41, 5.74) is 2.38. The third-order valence-corrected chi connectivity index (χ3v) is 2.62. The molecule has 0 aliphatic carbocycles. The quantitative estimate of drug-likeness (QED) is 0.712. The summed E-state index contributed by atoms with van der Waals surface area (Å²) in [6.07, 6.45) is 4.26. The van der Waals surface area contributed by atoms with Gasteiger partial charge in [0.2, 0.25) is 0 Å². The van der Waals surface area contributed by atoms with E-state index in [9.17, 15) is 0 Å². The van der Waals surface area contributed by atoms with E-state index in [1.165, 1.54) is 25.0 Å². The average Bonchev–Trinajstić information content (AvgIpc) is 2.47. The Morgan fingerprint density at radius 1 is 1.46 bits per heavy atom. The SMILES string of the molecule is Cc1cc(C)n(C2CCCCN2)n1. The fourth-order valence-electron chi connectivity index (χ4n) is 2.00. The molecule has 1 saturated heterocycles. The molecule has 1 aromatic rings. The number of aromatic nitrogens is 2. The molecular weight excluding hydrogens is 162 g/mol. The maximum Gasteiger partial charge on any atom is 0.102 e. The van der Waals surface area contributed by atoms with Crippen LogP contribution in [0.1, 0.15) is 36.8 Å². The van der Waals surface area contributed by atoms with Crippen LogP contribution in [0.25, 0.3) is 0 Å². The predicted molar refractivity (Wildman–Crippen MR) is 52.6 cm³/mol. The zero-order valence-electron chi connectivity index (χ0n) is 8.38. The molecule has 1 aliphatic heterocycles. The summed E-state index contributed by atoms with van der Waals surface area (Å²) in [6.45, 7) is 5.30. The van der Waals surface area contributed by atoms with Gasteiger partial charge in [0.05, 0.1) is 5.69 Å². The first-order valence-corrected chi connectivity index (χ1v) is 5.03. The van der Waals surface area contributed by atoms with Gasteiger partial charge in [0, 0.05) is 5.69 Å². The number of hydrogen-bond acceptors (Lipinski definition) is 2. The molecule has 2 heterocycles. The molecule has 0 amide bonds. The molecule has 13 heavy (non-hydrogen) atoms. The van der Waals surface area contributed by atoms with Crippen molar-refractivity contribution < 1.29 is 0 Å². The van der Waals surface area contributed by atoms with Crippen LogP contribution in [0.2, 0.25) is 0 Å². The molecule has 0 bridgehead atoms. The van der Waals surface area contributed by atoms with E-state index in [1.54, 1.807) is 0 Å². The second-order valence-electron chi connectivity index (χ2n) is 3.84. The smallest absolute Gasteiger partial charge is 0.102 e. The standard InChI is InChI=1S/C10H17N3/c1-8-7-9(2)13(12-8)10-5-3-4-6-11-10/h7,10-11H,3-6H2,1-2H3. The van der Waals surface area contributed by atoms with E-state index in [2.05, 4.69) is 28.1 Å². The Balaban J connectivity index is 2.18. The molecule has 1 aliphatic rings. The minimum atomic E-state index is 0.433. The maximum absolute atomic E-state index is 4.49. The van der Waals surface area contributed by atoms with Crippen molar-refractivity contribution in [3.63, 3.8) is 0 Å². The number of hydrogen-bond donors (Lipinski definition) is 1. The molecule has 2 rings (SSSR count). The molecule has 1 fully saturated rings. The minimum absolute atomic E-state index is 0.433. The zero-order valence-corrected chi connectivity index (χ0v) is 8.38. The summed E-state index contributed by atoms with van der Waals surface area (Å²) in [5, 5.41) is 7.98. The van der Waals surface area contributed by atoms with E-state index in [-0.39, 0.29) is 0 Å². The second-order valence-corrected chi connectivity index (χ2v) is 3.84. The average molecular weight is 179 g/mol. The largest absolute Gasteiger partial charge is 0.296 e. The summed E-state index contributed by atoms with van der Waals surface area (Å²) in [5.74, 6) is 0. The molecule has 3 nitrogen and oxygen atoms in total. The van der Waals surface area contributed by atoms with Gasteiger partial charge in [-0.3, -0.25) is 10.00 Å². The van der Waals surface area contributed by atoms with Gasteiger partial charge in [-0.15, -0.1) is 0 Å². The molecule has 3 heteroatoms. The van der Waals surface area contributed by atoms with Crippen LogP contribution in [-0.2, 0) is 0 Å². The van der Waals surface area contributed by atoms with Gasteiger partial charge < -0.3 is 0 Å². The molecule has 0 spiro atoms. The molecule has 1 aromatic heterocycles. The highest BCUT2D eigenvalue weighted by atomic mass is 15.4. The van der Waals surface area contributed by atoms with Crippen molar-refractivity contribution in [1.82, 2.24) is 15.1 Å². The highest BCUT2D eigenvalue weighted by molar-refractivity contribution is 5.07. The molecule has 0 radical (unpaired) electrons. The fourth-order valence-corrected chi connectivity index (χ4v) is 2.00. The van der Waals surface area contributed by atoms with Gasteiger partial charge in [0.1, 0.15) is 6.17 Å². The van der Waals surface area contributed by atoms with Gasteiger partial charge in [-0.2, -0.15) is 5.10 Å². The van der Waals surface area contributed by atoms with Crippen LogP contribution in [0.5, 0.6) is 0 Å². The van der Waals surface area contributed by atoms with E-state index in [0.29, 0.717) is 6.17 Å². The Morgan fingerprint density at radius 2 is 2.31 bits per heavy atom. The van der Waals surface area contributed by atoms with Crippen molar-refractivity contribution in [1.29, 1.82) is 0 Å². The van der Waals surface area contributed by atoms with Crippen molar-refractivity contribution in [2.24, 2.45) is 0 Å². The maximum atomic E-state index is 4.49. The number of nitrogens with zero attached hydrogens (tertiary/aromatic N) is 2. The van der Waals surface area contributed by atoms with Gasteiger partial charge in [0.15, 0.2) is 0 Å². The van der Waals surface area contributed by atoms with E-state index >= 15 is 0 Å². The van der Waals surface area contributed by atoms with Crippen molar-refractivity contribution in [3.8, 4) is 0 Å². The lowest BCUT2D eigenvalue weighted by Crippen LogP contribution is -2.32.